The molecule has 0 saturated carbocycles. The summed E-state index contributed by atoms with van der Waals surface area (Å²) in [7, 11) is -1.81. The highest BCUT2D eigenvalue weighted by Crippen LogP contribution is 2.68. The Labute approximate surface area is 161 Å². The van der Waals surface area contributed by atoms with Gasteiger partial charge in [0.25, 0.3) is 0 Å². The molecule has 1 aromatic carbocycles. The molecule has 3 rings (SSSR count). The van der Waals surface area contributed by atoms with Crippen molar-refractivity contribution in [3.8, 4) is 0 Å². The van der Waals surface area contributed by atoms with Crippen LogP contribution in [0.15, 0.2) is 22.9 Å². The molecule has 2 aliphatic rings. The predicted molar refractivity (Wildman–Crippen MR) is 116 cm³/mol. The summed E-state index contributed by atoms with van der Waals surface area (Å²) in [6.07, 6.45) is 8.07. The first-order valence-electron chi connectivity index (χ1n) is 10.6. The van der Waals surface area contributed by atoms with E-state index < -0.39 is 7.36 Å². The van der Waals surface area contributed by atoms with Crippen LogP contribution in [-0.4, -0.2) is 40.7 Å². The Morgan fingerprint density at radius 3 is 1.77 bits per heavy atom. The van der Waals surface area contributed by atoms with E-state index in [2.05, 4.69) is 62.2 Å². The zero-order valence-electron chi connectivity index (χ0n) is 17.6. The maximum absolute atomic E-state index is 5.73. The van der Waals surface area contributed by atoms with E-state index in [1.54, 1.807) is 0 Å². The molecule has 0 N–H and O–H groups in total. The molecule has 0 atom stereocenters. The van der Waals surface area contributed by atoms with Gasteiger partial charge in [0.15, 0.2) is 0 Å². The van der Waals surface area contributed by atoms with E-state index >= 15 is 0 Å². The van der Waals surface area contributed by atoms with Crippen LogP contribution in [0.25, 0.3) is 0 Å². The molecular formula is C22H38N3P. The Balaban J connectivity index is 2.21. The van der Waals surface area contributed by atoms with Crippen molar-refractivity contribution in [2.75, 3.05) is 26.2 Å². The largest absolute Gasteiger partial charge is 0.257 e. The Morgan fingerprint density at radius 2 is 1.31 bits per heavy atom. The molecule has 2 fully saturated rings. The van der Waals surface area contributed by atoms with Gasteiger partial charge in [-0.1, -0.05) is 45.7 Å². The zero-order valence-corrected chi connectivity index (χ0v) is 18.5. The molecule has 26 heavy (non-hydrogen) atoms. The fraction of sp³-hybridized carbons (Fsp3) is 0.727. The van der Waals surface area contributed by atoms with Crippen molar-refractivity contribution >= 4 is 13.0 Å². The topological polar surface area (TPSA) is 18.8 Å². The first-order valence-corrected chi connectivity index (χ1v) is 12.2. The summed E-state index contributed by atoms with van der Waals surface area (Å²) in [5, 5.41) is 0.165. The number of piperidine rings is 2. The van der Waals surface area contributed by atoms with Gasteiger partial charge in [0, 0.05) is 31.3 Å². The fourth-order valence-electron chi connectivity index (χ4n) is 4.61. The standard InChI is InChI=1S/C22H38N3P/c1-19-13-12-14-21(20(19)2)23-26(22(3,4)5,24-15-8-6-9-16-24)25-17-10-7-11-18-25/h12-14H,6-11,15-18H2,1-5H3. The lowest BCUT2D eigenvalue weighted by molar-refractivity contribution is 0.293. The third kappa shape index (κ3) is 3.81. The van der Waals surface area contributed by atoms with Gasteiger partial charge < -0.3 is 0 Å². The lowest BCUT2D eigenvalue weighted by Gasteiger charge is -2.53. The zero-order chi connectivity index (χ0) is 18.8. The normalized spacial score (nSPS) is 21.0. The maximum atomic E-state index is 5.73. The molecule has 0 amide bonds. The summed E-state index contributed by atoms with van der Waals surface area (Å²) in [5.41, 5.74) is 3.94. The van der Waals surface area contributed by atoms with Crippen LogP contribution >= 0.6 is 7.36 Å². The van der Waals surface area contributed by atoms with E-state index in [0.29, 0.717) is 0 Å². The van der Waals surface area contributed by atoms with Crippen molar-refractivity contribution in [2.45, 2.75) is 78.3 Å². The van der Waals surface area contributed by atoms with Crippen molar-refractivity contribution in [2.24, 2.45) is 4.74 Å². The molecule has 4 heteroatoms. The van der Waals surface area contributed by atoms with Crippen LogP contribution in [0.4, 0.5) is 5.69 Å². The average Bonchev–Trinajstić information content (AvgIpc) is 2.63. The van der Waals surface area contributed by atoms with E-state index in [0.717, 1.165) is 0 Å². The molecular weight excluding hydrogens is 337 g/mol. The highest BCUT2D eigenvalue weighted by molar-refractivity contribution is 7.63. The molecule has 1 aromatic rings. The monoisotopic (exact) mass is 375 g/mol. The minimum Gasteiger partial charge on any atom is -0.257 e. The van der Waals surface area contributed by atoms with Crippen LogP contribution in [-0.2, 0) is 0 Å². The van der Waals surface area contributed by atoms with E-state index in [9.17, 15) is 0 Å². The van der Waals surface area contributed by atoms with Gasteiger partial charge >= 0.3 is 0 Å². The number of rotatable bonds is 3. The van der Waals surface area contributed by atoms with Crippen LogP contribution < -0.4 is 0 Å². The number of hydrogen-bond acceptors (Lipinski definition) is 1. The number of benzene rings is 1. The van der Waals surface area contributed by atoms with Gasteiger partial charge in [-0.05, 0) is 56.7 Å². The predicted octanol–water partition coefficient (Wildman–Crippen LogP) is 6.74. The van der Waals surface area contributed by atoms with Crippen molar-refractivity contribution in [1.29, 1.82) is 0 Å². The van der Waals surface area contributed by atoms with Crippen molar-refractivity contribution < 1.29 is 0 Å². The molecule has 146 valence electrons. The quantitative estimate of drug-likeness (QED) is 0.545. The Hall–Kier alpha value is -0.630. The smallest absolute Gasteiger partial charge is 0.108 e. The lowest BCUT2D eigenvalue weighted by atomic mass is 10.1. The van der Waals surface area contributed by atoms with E-state index in [1.807, 2.05) is 0 Å². The first kappa shape index (κ1) is 20.1. The lowest BCUT2D eigenvalue weighted by Crippen LogP contribution is -2.44. The van der Waals surface area contributed by atoms with Crippen LogP contribution in [0.1, 0.15) is 70.4 Å². The number of hydrogen-bond donors (Lipinski definition) is 0. The summed E-state index contributed by atoms with van der Waals surface area (Å²) in [6.45, 7) is 16.7. The van der Waals surface area contributed by atoms with Crippen LogP contribution in [0.3, 0.4) is 0 Å². The van der Waals surface area contributed by atoms with Gasteiger partial charge in [-0.2, -0.15) is 0 Å². The van der Waals surface area contributed by atoms with Gasteiger partial charge in [-0.15, -0.1) is 0 Å². The molecule has 0 radical (unpaired) electrons. The minimum absolute atomic E-state index is 0.165. The van der Waals surface area contributed by atoms with Gasteiger partial charge in [0.05, 0.1) is 5.69 Å². The van der Waals surface area contributed by atoms with E-state index in [1.165, 1.54) is 81.5 Å². The molecule has 2 heterocycles. The van der Waals surface area contributed by atoms with Gasteiger partial charge in [-0.25, -0.2) is 4.74 Å². The second-order valence-corrected chi connectivity index (χ2v) is 12.9. The minimum atomic E-state index is -1.81. The summed E-state index contributed by atoms with van der Waals surface area (Å²) >= 11 is 0. The third-order valence-corrected chi connectivity index (χ3v) is 10.8. The SMILES string of the molecule is Cc1cccc(N=P(N2CCCCC2)(N2CCCCC2)C(C)(C)C)c1C. The fourth-order valence-corrected chi connectivity index (χ4v) is 9.42. The average molecular weight is 376 g/mol. The molecule has 3 nitrogen and oxygen atoms in total. The number of nitrogens with zero attached hydrogens (tertiary/aromatic N) is 3. The van der Waals surface area contributed by atoms with Gasteiger partial charge in [-0.3, -0.25) is 9.34 Å². The van der Waals surface area contributed by atoms with E-state index in [4.69, 9.17) is 4.74 Å². The van der Waals surface area contributed by atoms with E-state index in [-0.39, 0.29) is 5.16 Å². The van der Waals surface area contributed by atoms with Crippen molar-refractivity contribution in [3.05, 3.63) is 29.3 Å². The molecule has 2 aliphatic heterocycles. The molecule has 0 bridgehead atoms. The molecule has 0 spiro atoms. The van der Waals surface area contributed by atoms with Gasteiger partial charge in [0.2, 0.25) is 0 Å². The maximum Gasteiger partial charge on any atom is 0.108 e. The first-order chi connectivity index (χ1) is 12.4. The highest BCUT2D eigenvalue weighted by atomic mass is 31.2. The summed E-state index contributed by atoms with van der Waals surface area (Å²) < 4.78 is 11.4. The molecule has 0 aliphatic carbocycles. The summed E-state index contributed by atoms with van der Waals surface area (Å²) in [5.74, 6) is 0. The molecule has 0 aromatic heterocycles. The Bertz CT molecular complexity index is 640. The van der Waals surface area contributed by atoms with Gasteiger partial charge in [0.1, 0.15) is 7.36 Å². The third-order valence-electron chi connectivity index (χ3n) is 6.18. The second kappa shape index (κ2) is 8.17. The van der Waals surface area contributed by atoms with Crippen LogP contribution in [0.5, 0.6) is 0 Å². The van der Waals surface area contributed by atoms with Crippen LogP contribution in [0, 0.1) is 13.8 Å². The summed E-state index contributed by atoms with van der Waals surface area (Å²) in [4.78, 5) is 0. The molecule has 0 unspecified atom stereocenters. The van der Waals surface area contributed by atoms with Crippen molar-refractivity contribution in [3.63, 3.8) is 0 Å². The Morgan fingerprint density at radius 1 is 0.808 bits per heavy atom. The number of aryl methyl sites for hydroxylation is 1. The highest BCUT2D eigenvalue weighted by Gasteiger charge is 2.45. The Kier molecular flexibility index (Phi) is 6.32. The second-order valence-electron chi connectivity index (χ2n) is 9.09. The molecule has 2 saturated heterocycles. The van der Waals surface area contributed by atoms with Crippen molar-refractivity contribution in [1.82, 2.24) is 9.34 Å². The van der Waals surface area contributed by atoms with Crippen LogP contribution in [0.2, 0.25) is 0 Å². The summed E-state index contributed by atoms with van der Waals surface area (Å²) in [6, 6.07) is 6.65.